The minimum absolute atomic E-state index is 0.106. The molecule has 1 aliphatic carbocycles. The molecule has 0 spiro atoms. The zero-order valence-corrected chi connectivity index (χ0v) is 15.2. The zero-order valence-electron chi connectivity index (χ0n) is 15.2. The number of aliphatic hydroxyl groups is 1. The second kappa shape index (κ2) is 7.46. The lowest BCUT2D eigenvalue weighted by atomic mass is 9.96. The first-order chi connectivity index (χ1) is 12.0. The first kappa shape index (κ1) is 17.8. The van der Waals surface area contributed by atoms with Gasteiger partial charge in [0.05, 0.1) is 13.2 Å². The van der Waals surface area contributed by atoms with Crippen LogP contribution in [0, 0.1) is 0 Å². The van der Waals surface area contributed by atoms with Crippen LogP contribution in [0.5, 0.6) is 11.5 Å². The summed E-state index contributed by atoms with van der Waals surface area (Å²) in [7, 11) is 1.65. The molecule has 0 bridgehead atoms. The van der Waals surface area contributed by atoms with Crippen LogP contribution in [-0.2, 0) is 18.6 Å². The van der Waals surface area contributed by atoms with Crippen molar-refractivity contribution in [3.8, 4) is 11.5 Å². The summed E-state index contributed by atoms with van der Waals surface area (Å²) in [6, 6.07) is 14.1. The standard InChI is InChI=1S/C21H27NO3/c1-15(2)25-19-9-8-16(12-20(19)24-3)13-22-14-21(23)11-10-17-6-4-5-7-18(17)21/h4-9,12,15,22-23H,10-11,13-14H2,1-3H3. The second-order valence-corrected chi connectivity index (χ2v) is 6.94. The van der Waals surface area contributed by atoms with Crippen LogP contribution in [-0.4, -0.2) is 24.9 Å². The van der Waals surface area contributed by atoms with Crippen molar-refractivity contribution in [1.82, 2.24) is 5.32 Å². The average molecular weight is 341 g/mol. The Bertz CT molecular complexity index is 729. The maximum Gasteiger partial charge on any atom is 0.161 e. The van der Waals surface area contributed by atoms with Crippen LogP contribution >= 0.6 is 0 Å². The summed E-state index contributed by atoms with van der Waals surface area (Å²) in [5.41, 5.74) is 2.63. The van der Waals surface area contributed by atoms with E-state index < -0.39 is 5.60 Å². The van der Waals surface area contributed by atoms with Crippen molar-refractivity contribution in [2.24, 2.45) is 0 Å². The predicted octanol–water partition coefficient (Wildman–Crippen LogP) is 3.41. The lowest BCUT2D eigenvalue weighted by Gasteiger charge is -2.24. The maximum absolute atomic E-state index is 11.0. The molecule has 0 aliphatic heterocycles. The number of fused-ring (bicyclic) bond motifs is 1. The highest BCUT2D eigenvalue weighted by Crippen LogP contribution is 2.36. The molecule has 3 rings (SSSR count). The van der Waals surface area contributed by atoms with Crippen molar-refractivity contribution in [2.75, 3.05) is 13.7 Å². The van der Waals surface area contributed by atoms with E-state index in [1.165, 1.54) is 5.56 Å². The topological polar surface area (TPSA) is 50.7 Å². The molecule has 4 nitrogen and oxygen atoms in total. The Morgan fingerprint density at radius 3 is 2.72 bits per heavy atom. The molecular weight excluding hydrogens is 314 g/mol. The highest BCUT2D eigenvalue weighted by molar-refractivity contribution is 5.43. The number of benzene rings is 2. The van der Waals surface area contributed by atoms with Crippen LogP contribution in [0.2, 0.25) is 0 Å². The Kier molecular flexibility index (Phi) is 5.30. The van der Waals surface area contributed by atoms with Gasteiger partial charge < -0.3 is 19.9 Å². The van der Waals surface area contributed by atoms with Crippen LogP contribution in [0.4, 0.5) is 0 Å². The second-order valence-electron chi connectivity index (χ2n) is 6.94. The van der Waals surface area contributed by atoms with E-state index in [0.717, 1.165) is 35.5 Å². The van der Waals surface area contributed by atoms with Crippen LogP contribution < -0.4 is 14.8 Å². The van der Waals surface area contributed by atoms with Gasteiger partial charge in [-0.05, 0) is 55.5 Å². The Labute approximate surface area is 149 Å². The highest BCUT2D eigenvalue weighted by atomic mass is 16.5. The molecule has 25 heavy (non-hydrogen) atoms. The third-order valence-corrected chi connectivity index (χ3v) is 4.66. The summed E-state index contributed by atoms with van der Waals surface area (Å²) in [5.74, 6) is 1.49. The summed E-state index contributed by atoms with van der Waals surface area (Å²) in [6.45, 7) is 5.20. The fourth-order valence-electron chi connectivity index (χ4n) is 3.44. The molecule has 0 aromatic heterocycles. The summed E-state index contributed by atoms with van der Waals surface area (Å²) < 4.78 is 11.2. The van der Waals surface area contributed by atoms with Crippen molar-refractivity contribution in [1.29, 1.82) is 0 Å². The van der Waals surface area contributed by atoms with E-state index in [2.05, 4.69) is 11.4 Å². The van der Waals surface area contributed by atoms with E-state index in [-0.39, 0.29) is 6.10 Å². The van der Waals surface area contributed by atoms with E-state index in [1.807, 2.05) is 50.2 Å². The van der Waals surface area contributed by atoms with Crippen LogP contribution in [0.25, 0.3) is 0 Å². The van der Waals surface area contributed by atoms with E-state index in [9.17, 15) is 5.11 Å². The summed E-state index contributed by atoms with van der Waals surface area (Å²) in [5, 5.41) is 14.3. The van der Waals surface area contributed by atoms with Crippen LogP contribution in [0.1, 0.15) is 37.0 Å². The molecule has 2 N–H and O–H groups in total. The van der Waals surface area contributed by atoms with Crippen LogP contribution in [0.3, 0.4) is 0 Å². The third kappa shape index (κ3) is 3.97. The zero-order chi connectivity index (χ0) is 17.9. The van der Waals surface area contributed by atoms with Gasteiger partial charge in [0, 0.05) is 13.1 Å². The first-order valence-electron chi connectivity index (χ1n) is 8.87. The van der Waals surface area contributed by atoms with Gasteiger partial charge in [-0.3, -0.25) is 0 Å². The highest BCUT2D eigenvalue weighted by Gasteiger charge is 2.35. The Morgan fingerprint density at radius 1 is 1.16 bits per heavy atom. The third-order valence-electron chi connectivity index (χ3n) is 4.66. The van der Waals surface area contributed by atoms with Gasteiger partial charge in [-0.1, -0.05) is 30.3 Å². The van der Waals surface area contributed by atoms with Gasteiger partial charge >= 0.3 is 0 Å². The number of hydrogen-bond donors (Lipinski definition) is 2. The smallest absolute Gasteiger partial charge is 0.161 e. The number of rotatable bonds is 7. The summed E-state index contributed by atoms with van der Waals surface area (Å²) >= 11 is 0. The number of aryl methyl sites for hydroxylation is 1. The van der Waals surface area contributed by atoms with Gasteiger partial charge in [-0.25, -0.2) is 0 Å². The van der Waals surface area contributed by atoms with Crippen molar-refractivity contribution in [2.45, 2.75) is 44.9 Å². The molecule has 0 fully saturated rings. The molecule has 2 aromatic rings. The van der Waals surface area contributed by atoms with E-state index in [0.29, 0.717) is 13.1 Å². The minimum atomic E-state index is -0.776. The van der Waals surface area contributed by atoms with Gasteiger partial charge in [0.15, 0.2) is 11.5 Å². The van der Waals surface area contributed by atoms with Gasteiger partial charge in [0.25, 0.3) is 0 Å². The lowest BCUT2D eigenvalue weighted by Crippen LogP contribution is -2.36. The van der Waals surface area contributed by atoms with Crippen molar-refractivity contribution < 1.29 is 14.6 Å². The molecule has 0 radical (unpaired) electrons. The van der Waals surface area contributed by atoms with E-state index in [4.69, 9.17) is 9.47 Å². The first-order valence-corrected chi connectivity index (χ1v) is 8.87. The monoisotopic (exact) mass is 341 g/mol. The predicted molar refractivity (Wildman–Crippen MR) is 99.1 cm³/mol. The Balaban J connectivity index is 1.63. The molecule has 1 aliphatic rings. The molecule has 1 atom stereocenters. The van der Waals surface area contributed by atoms with Crippen molar-refractivity contribution in [3.63, 3.8) is 0 Å². The Hall–Kier alpha value is -2.04. The quantitative estimate of drug-likeness (QED) is 0.810. The average Bonchev–Trinajstić information content (AvgIpc) is 2.93. The van der Waals surface area contributed by atoms with Crippen molar-refractivity contribution in [3.05, 3.63) is 59.2 Å². The minimum Gasteiger partial charge on any atom is -0.493 e. The SMILES string of the molecule is COc1cc(CNCC2(O)CCc3ccccc32)ccc1OC(C)C. The van der Waals surface area contributed by atoms with E-state index in [1.54, 1.807) is 7.11 Å². The fourth-order valence-corrected chi connectivity index (χ4v) is 3.44. The number of hydrogen-bond acceptors (Lipinski definition) is 4. The molecule has 0 saturated carbocycles. The maximum atomic E-state index is 11.0. The molecule has 0 saturated heterocycles. The summed E-state index contributed by atoms with van der Waals surface area (Å²) in [6.07, 6.45) is 1.81. The molecule has 1 unspecified atom stereocenters. The van der Waals surface area contributed by atoms with Gasteiger partial charge in [0.1, 0.15) is 5.60 Å². The molecule has 4 heteroatoms. The largest absolute Gasteiger partial charge is 0.493 e. The van der Waals surface area contributed by atoms with Crippen LogP contribution in [0.15, 0.2) is 42.5 Å². The van der Waals surface area contributed by atoms with Gasteiger partial charge in [-0.2, -0.15) is 0 Å². The Morgan fingerprint density at radius 2 is 1.96 bits per heavy atom. The molecular formula is C21H27NO3. The number of ether oxygens (including phenoxy) is 2. The molecule has 0 amide bonds. The molecule has 134 valence electrons. The molecule has 2 aromatic carbocycles. The van der Waals surface area contributed by atoms with E-state index >= 15 is 0 Å². The van der Waals surface area contributed by atoms with Crippen molar-refractivity contribution >= 4 is 0 Å². The van der Waals surface area contributed by atoms with Gasteiger partial charge in [-0.15, -0.1) is 0 Å². The summed E-state index contributed by atoms with van der Waals surface area (Å²) in [4.78, 5) is 0. The number of nitrogens with one attached hydrogen (secondary N) is 1. The van der Waals surface area contributed by atoms with Gasteiger partial charge in [0.2, 0.25) is 0 Å². The number of methoxy groups -OCH3 is 1. The lowest BCUT2D eigenvalue weighted by molar-refractivity contribution is 0.0384. The fraction of sp³-hybridized carbons (Fsp3) is 0.429. The molecule has 0 heterocycles. The normalized spacial score (nSPS) is 19.1.